The molecular formula is C9H19NO. The van der Waals surface area contributed by atoms with E-state index in [2.05, 4.69) is 19.2 Å². The van der Waals surface area contributed by atoms with Gasteiger partial charge in [-0.2, -0.15) is 0 Å². The molecule has 1 amide bonds. The molecule has 0 fully saturated rings. The molecule has 0 radical (unpaired) electrons. The third kappa shape index (κ3) is 5.89. The maximum absolute atomic E-state index is 10.9. The van der Waals surface area contributed by atoms with Crippen LogP contribution in [0.3, 0.4) is 0 Å². The SMILES string of the molecule is CCCCC(C)NC(=O)CC. The van der Waals surface area contributed by atoms with Crippen LogP contribution in [0.4, 0.5) is 0 Å². The highest BCUT2D eigenvalue weighted by Gasteiger charge is 2.03. The lowest BCUT2D eigenvalue weighted by molar-refractivity contribution is -0.121. The molecule has 0 aliphatic heterocycles. The minimum absolute atomic E-state index is 0.161. The first-order valence-corrected chi connectivity index (χ1v) is 4.50. The van der Waals surface area contributed by atoms with Crippen molar-refractivity contribution in [1.29, 1.82) is 0 Å². The van der Waals surface area contributed by atoms with Crippen molar-refractivity contribution >= 4 is 5.91 Å². The number of carbonyl (C=O) groups is 1. The molecule has 1 N–H and O–H groups in total. The highest BCUT2D eigenvalue weighted by atomic mass is 16.1. The zero-order valence-corrected chi connectivity index (χ0v) is 7.81. The number of amides is 1. The van der Waals surface area contributed by atoms with Gasteiger partial charge in [0.1, 0.15) is 0 Å². The fourth-order valence-corrected chi connectivity index (χ4v) is 0.959. The van der Waals surface area contributed by atoms with E-state index >= 15 is 0 Å². The van der Waals surface area contributed by atoms with Crippen LogP contribution in [0.15, 0.2) is 0 Å². The summed E-state index contributed by atoms with van der Waals surface area (Å²) >= 11 is 0. The molecule has 0 heterocycles. The Morgan fingerprint density at radius 2 is 2.09 bits per heavy atom. The molecule has 1 atom stereocenters. The Hall–Kier alpha value is -0.530. The molecule has 11 heavy (non-hydrogen) atoms. The van der Waals surface area contributed by atoms with Crippen molar-refractivity contribution in [3.8, 4) is 0 Å². The van der Waals surface area contributed by atoms with Crippen molar-refractivity contribution in [1.82, 2.24) is 5.32 Å². The minimum Gasteiger partial charge on any atom is -0.354 e. The van der Waals surface area contributed by atoms with Gasteiger partial charge in [0.2, 0.25) is 5.91 Å². The van der Waals surface area contributed by atoms with Crippen LogP contribution in [0.5, 0.6) is 0 Å². The number of nitrogens with one attached hydrogen (secondary N) is 1. The minimum atomic E-state index is 0.161. The number of hydrogen-bond donors (Lipinski definition) is 1. The van der Waals surface area contributed by atoms with Crippen LogP contribution in [0.1, 0.15) is 46.5 Å². The smallest absolute Gasteiger partial charge is 0.219 e. The Morgan fingerprint density at radius 1 is 1.45 bits per heavy atom. The van der Waals surface area contributed by atoms with Gasteiger partial charge in [0.15, 0.2) is 0 Å². The summed E-state index contributed by atoms with van der Waals surface area (Å²) in [6, 6.07) is 0.349. The van der Waals surface area contributed by atoms with Crippen LogP contribution < -0.4 is 5.32 Å². The Balaban J connectivity index is 3.35. The molecule has 0 saturated carbocycles. The van der Waals surface area contributed by atoms with Crippen LogP contribution in [-0.2, 0) is 4.79 Å². The van der Waals surface area contributed by atoms with E-state index in [9.17, 15) is 4.79 Å². The van der Waals surface area contributed by atoms with Gasteiger partial charge in [-0.25, -0.2) is 0 Å². The number of unbranched alkanes of at least 4 members (excludes halogenated alkanes) is 1. The zero-order chi connectivity index (χ0) is 8.69. The lowest BCUT2D eigenvalue weighted by atomic mass is 10.1. The lowest BCUT2D eigenvalue weighted by Crippen LogP contribution is -2.31. The molecule has 0 aliphatic rings. The first kappa shape index (κ1) is 10.5. The summed E-state index contributed by atoms with van der Waals surface area (Å²) in [7, 11) is 0. The number of rotatable bonds is 5. The van der Waals surface area contributed by atoms with Gasteiger partial charge in [-0.05, 0) is 13.3 Å². The molecule has 66 valence electrons. The van der Waals surface area contributed by atoms with Crippen LogP contribution in [-0.4, -0.2) is 11.9 Å². The van der Waals surface area contributed by atoms with Gasteiger partial charge in [0.05, 0.1) is 0 Å². The first-order valence-electron chi connectivity index (χ1n) is 4.50. The summed E-state index contributed by atoms with van der Waals surface area (Å²) in [5.41, 5.74) is 0. The van der Waals surface area contributed by atoms with Gasteiger partial charge < -0.3 is 5.32 Å². The molecule has 0 spiro atoms. The first-order chi connectivity index (χ1) is 5.20. The number of carbonyl (C=O) groups excluding carboxylic acids is 1. The molecule has 0 saturated heterocycles. The second-order valence-electron chi connectivity index (χ2n) is 2.96. The van der Waals surface area contributed by atoms with E-state index < -0.39 is 0 Å². The van der Waals surface area contributed by atoms with Crippen molar-refractivity contribution in [2.45, 2.75) is 52.5 Å². The van der Waals surface area contributed by atoms with Crippen LogP contribution in [0, 0.1) is 0 Å². The third-order valence-corrected chi connectivity index (χ3v) is 1.72. The van der Waals surface area contributed by atoms with Crippen molar-refractivity contribution in [3.05, 3.63) is 0 Å². The topological polar surface area (TPSA) is 29.1 Å². The molecule has 0 rings (SSSR count). The van der Waals surface area contributed by atoms with E-state index in [-0.39, 0.29) is 5.91 Å². The summed E-state index contributed by atoms with van der Waals surface area (Å²) in [6.07, 6.45) is 4.09. The van der Waals surface area contributed by atoms with Gasteiger partial charge in [-0.3, -0.25) is 4.79 Å². The lowest BCUT2D eigenvalue weighted by Gasteiger charge is -2.11. The van der Waals surface area contributed by atoms with E-state index in [1.165, 1.54) is 12.8 Å². The van der Waals surface area contributed by atoms with E-state index in [1.54, 1.807) is 0 Å². The molecular weight excluding hydrogens is 138 g/mol. The maximum atomic E-state index is 10.9. The summed E-state index contributed by atoms with van der Waals surface area (Å²) in [5, 5.41) is 2.93. The maximum Gasteiger partial charge on any atom is 0.219 e. The fraction of sp³-hybridized carbons (Fsp3) is 0.889. The average Bonchev–Trinajstić information content (AvgIpc) is 2.00. The van der Waals surface area contributed by atoms with E-state index in [0.717, 1.165) is 6.42 Å². The molecule has 0 aromatic rings. The molecule has 0 aliphatic carbocycles. The normalized spacial score (nSPS) is 12.6. The summed E-state index contributed by atoms with van der Waals surface area (Å²) < 4.78 is 0. The summed E-state index contributed by atoms with van der Waals surface area (Å²) in [4.78, 5) is 10.9. The fourth-order valence-electron chi connectivity index (χ4n) is 0.959. The van der Waals surface area contributed by atoms with Gasteiger partial charge in [0.25, 0.3) is 0 Å². The predicted molar refractivity (Wildman–Crippen MR) is 47.4 cm³/mol. The molecule has 0 bridgehead atoms. The van der Waals surface area contributed by atoms with Gasteiger partial charge in [-0.15, -0.1) is 0 Å². The van der Waals surface area contributed by atoms with Crippen molar-refractivity contribution < 1.29 is 4.79 Å². The quantitative estimate of drug-likeness (QED) is 0.650. The van der Waals surface area contributed by atoms with Gasteiger partial charge >= 0.3 is 0 Å². The second-order valence-corrected chi connectivity index (χ2v) is 2.96. The zero-order valence-electron chi connectivity index (χ0n) is 7.81. The third-order valence-electron chi connectivity index (χ3n) is 1.72. The molecule has 2 heteroatoms. The van der Waals surface area contributed by atoms with Gasteiger partial charge in [0, 0.05) is 12.5 Å². The van der Waals surface area contributed by atoms with Crippen molar-refractivity contribution in [2.24, 2.45) is 0 Å². The Bertz CT molecular complexity index is 112. The van der Waals surface area contributed by atoms with Crippen LogP contribution in [0.25, 0.3) is 0 Å². The van der Waals surface area contributed by atoms with Gasteiger partial charge in [-0.1, -0.05) is 26.7 Å². The van der Waals surface area contributed by atoms with Crippen LogP contribution >= 0.6 is 0 Å². The number of hydrogen-bond acceptors (Lipinski definition) is 1. The van der Waals surface area contributed by atoms with E-state index in [0.29, 0.717) is 12.5 Å². The summed E-state index contributed by atoms with van der Waals surface area (Å²) in [5.74, 6) is 0.161. The Kier molecular flexibility index (Phi) is 5.90. The molecule has 2 nitrogen and oxygen atoms in total. The average molecular weight is 157 g/mol. The highest BCUT2D eigenvalue weighted by molar-refractivity contribution is 5.75. The molecule has 0 aromatic carbocycles. The van der Waals surface area contributed by atoms with Crippen molar-refractivity contribution in [3.63, 3.8) is 0 Å². The van der Waals surface area contributed by atoms with E-state index in [4.69, 9.17) is 0 Å². The standard InChI is InChI=1S/C9H19NO/c1-4-6-7-8(3)10-9(11)5-2/h8H,4-7H2,1-3H3,(H,10,11). The van der Waals surface area contributed by atoms with E-state index in [1.807, 2.05) is 6.92 Å². The predicted octanol–water partition coefficient (Wildman–Crippen LogP) is 2.09. The van der Waals surface area contributed by atoms with Crippen LogP contribution in [0.2, 0.25) is 0 Å². The molecule has 1 unspecified atom stereocenters. The largest absolute Gasteiger partial charge is 0.354 e. The second kappa shape index (κ2) is 6.20. The molecule has 0 aromatic heterocycles. The summed E-state index contributed by atoms with van der Waals surface area (Å²) in [6.45, 7) is 6.10. The Labute approximate surface area is 69.4 Å². The van der Waals surface area contributed by atoms with Crippen molar-refractivity contribution in [2.75, 3.05) is 0 Å². The monoisotopic (exact) mass is 157 g/mol. The highest BCUT2D eigenvalue weighted by Crippen LogP contribution is 1.99. The Morgan fingerprint density at radius 3 is 2.55 bits per heavy atom.